The Kier molecular flexibility index (Phi) is 4.68. The van der Waals surface area contributed by atoms with Crippen molar-refractivity contribution < 1.29 is 14.2 Å². The first-order valence-corrected chi connectivity index (χ1v) is 11.0. The van der Waals surface area contributed by atoms with Crippen LogP contribution in [-0.2, 0) is 5.41 Å². The lowest BCUT2D eigenvalue weighted by Crippen LogP contribution is -2.48. The molecule has 6 heteroatoms. The maximum absolute atomic E-state index is 11.3. The van der Waals surface area contributed by atoms with Crippen molar-refractivity contribution in [3.63, 3.8) is 0 Å². The molecule has 4 aliphatic rings. The Morgan fingerprint density at radius 1 is 1.20 bits per heavy atom. The second-order valence-electron chi connectivity index (χ2n) is 9.45. The minimum atomic E-state index is -0.444. The molecule has 0 atom stereocenters. The maximum atomic E-state index is 11.3. The Labute approximate surface area is 176 Å². The van der Waals surface area contributed by atoms with Crippen LogP contribution >= 0.6 is 0 Å². The molecule has 0 spiro atoms. The average Bonchev–Trinajstić information content (AvgIpc) is 3.07. The first kappa shape index (κ1) is 19.3. The smallest absolute Gasteiger partial charge is 0.338 e. The molecule has 0 N–H and O–H groups in total. The van der Waals surface area contributed by atoms with Gasteiger partial charge in [-0.25, -0.2) is 0 Å². The molecule has 4 saturated carbocycles. The minimum Gasteiger partial charge on any atom is -0.493 e. The van der Waals surface area contributed by atoms with Gasteiger partial charge in [-0.3, -0.25) is 10.1 Å². The Morgan fingerprint density at radius 3 is 2.47 bits per heavy atom. The van der Waals surface area contributed by atoms with E-state index in [2.05, 4.69) is 23.4 Å². The van der Waals surface area contributed by atoms with E-state index >= 15 is 0 Å². The highest BCUT2D eigenvalue weighted by molar-refractivity contribution is 5.74. The summed E-state index contributed by atoms with van der Waals surface area (Å²) < 4.78 is 11.0. The molecule has 0 saturated heterocycles. The molecule has 1 aromatic carbocycles. The molecule has 30 heavy (non-hydrogen) atoms. The normalized spacial score (nSPS) is 29.6. The summed E-state index contributed by atoms with van der Waals surface area (Å²) in [6, 6.07) is 6.55. The lowest BCUT2D eigenvalue weighted by Gasteiger charge is -2.57. The van der Waals surface area contributed by atoms with Gasteiger partial charge in [0.05, 0.1) is 11.5 Å². The summed E-state index contributed by atoms with van der Waals surface area (Å²) in [7, 11) is 0. The van der Waals surface area contributed by atoms with E-state index < -0.39 is 4.92 Å². The van der Waals surface area contributed by atoms with Gasteiger partial charge in [0.1, 0.15) is 5.75 Å². The third kappa shape index (κ3) is 3.22. The van der Waals surface area contributed by atoms with E-state index in [4.69, 9.17) is 9.26 Å². The van der Waals surface area contributed by atoms with Crippen molar-refractivity contribution in [2.45, 2.75) is 57.8 Å². The SMILES string of the molecule is CCOc1ccc(C23CC4CC(CC(C4)C2)C3)cc1/C=C\c1onc(C)c1[N+](=O)[O-]. The Morgan fingerprint density at radius 2 is 1.87 bits per heavy atom. The van der Waals surface area contributed by atoms with Crippen LogP contribution in [-0.4, -0.2) is 16.7 Å². The largest absolute Gasteiger partial charge is 0.493 e. The van der Waals surface area contributed by atoms with Crippen LogP contribution in [0.4, 0.5) is 5.69 Å². The van der Waals surface area contributed by atoms with Gasteiger partial charge in [-0.15, -0.1) is 0 Å². The summed E-state index contributed by atoms with van der Waals surface area (Å²) in [5.41, 5.74) is 2.83. The molecule has 0 aliphatic heterocycles. The van der Waals surface area contributed by atoms with Gasteiger partial charge in [-0.2, -0.15) is 0 Å². The molecular formula is C24H28N2O4. The van der Waals surface area contributed by atoms with Gasteiger partial charge in [0.25, 0.3) is 0 Å². The topological polar surface area (TPSA) is 78.4 Å². The fourth-order valence-electron chi connectivity index (χ4n) is 6.64. The fraction of sp³-hybridized carbons (Fsp3) is 0.542. The quantitative estimate of drug-likeness (QED) is 0.437. The van der Waals surface area contributed by atoms with Crippen LogP contribution in [0.1, 0.15) is 68.0 Å². The molecule has 2 aromatic rings. The molecule has 4 bridgehead atoms. The van der Waals surface area contributed by atoms with Gasteiger partial charge >= 0.3 is 5.69 Å². The highest BCUT2D eigenvalue weighted by Gasteiger charge is 2.51. The van der Waals surface area contributed by atoms with E-state index in [1.807, 2.05) is 13.0 Å². The maximum Gasteiger partial charge on any atom is 0.338 e. The Hall–Kier alpha value is -2.63. The van der Waals surface area contributed by atoms with E-state index in [-0.39, 0.29) is 22.6 Å². The predicted molar refractivity (Wildman–Crippen MR) is 114 cm³/mol. The van der Waals surface area contributed by atoms with Crippen molar-refractivity contribution in [3.8, 4) is 5.75 Å². The molecule has 6 nitrogen and oxygen atoms in total. The van der Waals surface area contributed by atoms with Crippen molar-refractivity contribution in [1.29, 1.82) is 0 Å². The number of nitro groups is 1. The predicted octanol–water partition coefficient (Wildman–Crippen LogP) is 5.93. The molecule has 6 rings (SSSR count). The fourth-order valence-corrected chi connectivity index (χ4v) is 6.64. The summed E-state index contributed by atoms with van der Waals surface area (Å²) in [5.74, 6) is 3.59. The molecular weight excluding hydrogens is 380 g/mol. The van der Waals surface area contributed by atoms with E-state index in [9.17, 15) is 10.1 Å². The zero-order valence-corrected chi connectivity index (χ0v) is 17.6. The second-order valence-corrected chi connectivity index (χ2v) is 9.45. The number of rotatable bonds is 6. The number of hydrogen-bond donors (Lipinski definition) is 0. The van der Waals surface area contributed by atoms with Gasteiger partial charge < -0.3 is 9.26 Å². The summed E-state index contributed by atoms with van der Waals surface area (Å²) in [6.07, 6.45) is 11.6. The highest BCUT2D eigenvalue weighted by Crippen LogP contribution is 2.60. The van der Waals surface area contributed by atoms with Crippen molar-refractivity contribution in [3.05, 3.63) is 50.9 Å². The van der Waals surface area contributed by atoms with Crippen LogP contribution < -0.4 is 4.74 Å². The lowest BCUT2D eigenvalue weighted by molar-refractivity contribution is -0.386. The van der Waals surface area contributed by atoms with Crippen LogP contribution in [0.15, 0.2) is 22.7 Å². The molecule has 0 radical (unpaired) electrons. The minimum absolute atomic E-state index is 0.0820. The summed E-state index contributed by atoms with van der Waals surface area (Å²) >= 11 is 0. The zero-order chi connectivity index (χ0) is 20.9. The van der Waals surface area contributed by atoms with Crippen LogP contribution in [0.3, 0.4) is 0 Å². The van der Waals surface area contributed by atoms with Crippen LogP contribution in [0.5, 0.6) is 5.75 Å². The van der Waals surface area contributed by atoms with E-state index in [1.165, 1.54) is 44.1 Å². The molecule has 4 aliphatic carbocycles. The Balaban J connectivity index is 1.51. The van der Waals surface area contributed by atoms with Crippen molar-refractivity contribution in [1.82, 2.24) is 5.16 Å². The first-order valence-electron chi connectivity index (χ1n) is 11.0. The van der Waals surface area contributed by atoms with E-state index in [1.54, 1.807) is 13.0 Å². The number of ether oxygens (including phenoxy) is 1. The third-order valence-electron chi connectivity index (χ3n) is 7.41. The van der Waals surface area contributed by atoms with E-state index in [0.717, 1.165) is 29.1 Å². The summed E-state index contributed by atoms with van der Waals surface area (Å²) in [4.78, 5) is 10.9. The van der Waals surface area contributed by atoms with Crippen LogP contribution in [0, 0.1) is 34.8 Å². The number of benzene rings is 1. The van der Waals surface area contributed by atoms with Crippen LogP contribution in [0.25, 0.3) is 12.2 Å². The molecule has 158 valence electrons. The monoisotopic (exact) mass is 408 g/mol. The summed E-state index contributed by atoms with van der Waals surface area (Å²) in [6.45, 7) is 4.11. The van der Waals surface area contributed by atoms with Crippen molar-refractivity contribution >= 4 is 17.8 Å². The summed E-state index contributed by atoms with van der Waals surface area (Å²) in [5, 5.41) is 15.1. The van der Waals surface area contributed by atoms with Gasteiger partial charge in [0, 0.05) is 5.56 Å². The van der Waals surface area contributed by atoms with Gasteiger partial charge in [0.2, 0.25) is 5.76 Å². The van der Waals surface area contributed by atoms with Gasteiger partial charge in [0.15, 0.2) is 5.69 Å². The highest BCUT2D eigenvalue weighted by atomic mass is 16.6. The average molecular weight is 408 g/mol. The van der Waals surface area contributed by atoms with Crippen molar-refractivity contribution in [2.24, 2.45) is 17.8 Å². The molecule has 0 unspecified atom stereocenters. The number of hydrogen-bond acceptors (Lipinski definition) is 5. The number of aromatic nitrogens is 1. The second kappa shape index (κ2) is 7.25. The standard InChI is InChI=1S/C24H28N2O4/c1-3-29-21-7-5-20(24-12-16-8-17(13-24)10-18(9-16)14-24)11-19(21)4-6-22-23(26(27)28)15(2)25-30-22/h4-7,11,16-18H,3,8-10,12-14H2,1-2H3/b6-4-. The number of nitrogens with zero attached hydrogens (tertiary/aromatic N) is 2. The molecule has 0 amide bonds. The van der Waals surface area contributed by atoms with Crippen molar-refractivity contribution in [2.75, 3.05) is 6.61 Å². The third-order valence-corrected chi connectivity index (χ3v) is 7.41. The molecule has 1 aromatic heterocycles. The van der Waals surface area contributed by atoms with E-state index in [0.29, 0.717) is 6.61 Å². The van der Waals surface area contributed by atoms with Gasteiger partial charge in [-0.1, -0.05) is 11.2 Å². The first-order chi connectivity index (χ1) is 14.5. The van der Waals surface area contributed by atoms with Crippen LogP contribution in [0.2, 0.25) is 0 Å². The Bertz CT molecular complexity index is 971. The molecule has 1 heterocycles. The zero-order valence-electron chi connectivity index (χ0n) is 17.6. The molecule has 4 fully saturated rings. The van der Waals surface area contributed by atoms with Gasteiger partial charge in [-0.05, 0) is 105 Å². The lowest BCUT2D eigenvalue weighted by atomic mass is 9.48. The number of aryl methyl sites for hydroxylation is 1.